The first-order valence-corrected chi connectivity index (χ1v) is 10.6. The second kappa shape index (κ2) is 10.7. The van der Waals surface area contributed by atoms with Gasteiger partial charge in [-0.2, -0.15) is 0 Å². The second-order valence-corrected chi connectivity index (χ2v) is 7.56. The van der Waals surface area contributed by atoms with Crippen LogP contribution >= 0.6 is 0 Å². The summed E-state index contributed by atoms with van der Waals surface area (Å²) in [5, 5.41) is 6.73. The van der Waals surface area contributed by atoms with Gasteiger partial charge in [-0.25, -0.2) is 0 Å². The monoisotopic (exact) mass is 408 g/mol. The Morgan fingerprint density at radius 2 is 1.93 bits per heavy atom. The molecule has 0 atom stereocenters. The fourth-order valence-corrected chi connectivity index (χ4v) is 3.61. The summed E-state index contributed by atoms with van der Waals surface area (Å²) in [6.07, 6.45) is 1.64. The topological polar surface area (TPSA) is 66.0 Å². The van der Waals surface area contributed by atoms with Crippen LogP contribution in [0.4, 0.5) is 0 Å². The lowest BCUT2D eigenvalue weighted by atomic mass is 10.1. The lowest BCUT2D eigenvalue weighted by Crippen LogP contribution is -2.36. The number of carbonyl (C=O) groups excluding carboxylic acids is 1. The van der Waals surface area contributed by atoms with E-state index in [-0.39, 0.29) is 5.91 Å². The molecule has 1 aliphatic rings. The molecule has 1 amide bonds. The maximum Gasteiger partial charge on any atom is 0.222 e. The molecular formula is C24H32N4O2. The molecule has 0 unspecified atom stereocenters. The van der Waals surface area contributed by atoms with Crippen LogP contribution in [0.5, 0.6) is 5.75 Å². The average molecular weight is 409 g/mol. The molecule has 0 aliphatic carbocycles. The number of nitrogens with zero attached hydrogens (tertiary/aromatic N) is 2. The predicted octanol–water partition coefficient (Wildman–Crippen LogP) is 3.38. The highest BCUT2D eigenvalue weighted by Crippen LogP contribution is 2.20. The highest BCUT2D eigenvalue weighted by atomic mass is 16.5. The Labute approximate surface area is 179 Å². The molecule has 1 saturated heterocycles. The van der Waals surface area contributed by atoms with Crippen molar-refractivity contribution in [3.8, 4) is 5.75 Å². The molecule has 1 fully saturated rings. The molecule has 0 saturated carbocycles. The van der Waals surface area contributed by atoms with Gasteiger partial charge in [0.25, 0.3) is 0 Å². The van der Waals surface area contributed by atoms with Crippen molar-refractivity contribution in [1.29, 1.82) is 0 Å². The number of amides is 1. The van der Waals surface area contributed by atoms with Gasteiger partial charge in [-0.15, -0.1) is 0 Å². The van der Waals surface area contributed by atoms with Crippen LogP contribution in [0.1, 0.15) is 42.0 Å². The van der Waals surface area contributed by atoms with E-state index in [4.69, 9.17) is 4.74 Å². The van der Waals surface area contributed by atoms with Gasteiger partial charge < -0.3 is 20.3 Å². The van der Waals surface area contributed by atoms with E-state index in [1.165, 1.54) is 5.56 Å². The number of guanidine groups is 1. The lowest BCUT2D eigenvalue weighted by molar-refractivity contribution is -0.128. The molecule has 2 aromatic carbocycles. The number of aliphatic imine (C=N–C) groups is 1. The quantitative estimate of drug-likeness (QED) is 0.519. The van der Waals surface area contributed by atoms with Crippen molar-refractivity contribution >= 4 is 11.9 Å². The zero-order valence-corrected chi connectivity index (χ0v) is 18.2. The lowest BCUT2D eigenvalue weighted by Gasteiger charge is -2.17. The molecule has 0 spiro atoms. The number of carbonyl (C=O) groups is 1. The molecule has 0 radical (unpaired) electrons. The Balaban J connectivity index is 1.54. The summed E-state index contributed by atoms with van der Waals surface area (Å²) in [5.41, 5.74) is 4.60. The van der Waals surface area contributed by atoms with Gasteiger partial charge in [-0.1, -0.05) is 36.4 Å². The summed E-state index contributed by atoms with van der Waals surface area (Å²) in [5.74, 6) is 1.90. The molecule has 1 heterocycles. The van der Waals surface area contributed by atoms with Gasteiger partial charge in [0, 0.05) is 45.2 Å². The van der Waals surface area contributed by atoms with E-state index in [0.717, 1.165) is 41.4 Å². The first-order chi connectivity index (χ1) is 14.6. The van der Waals surface area contributed by atoms with Crippen molar-refractivity contribution in [3.63, 3.8) is 0 Å². The van der Waals surface area contributed by atoms with Crippen molar-refractivity contribution < 1.29 is 9.53 Å². The van der Waals surface area contributed by atoms with Gasteiger partial charge in [-0.3, -0.25) is 9.79 Å². The minimum Gasteiger partial charge on any atom is -0.494 e. The zero-order chi connectivity index (χ0) is 21.3. The molecule has 6 nitrogen and oxygen atoms in total. The molecular weight excluding hydrogens is 376 g/mol. The largest absolute Gasteiger partial charge is 0.494 e. The summed E-state index contributed by atoms with van der Waals surface area (Å²) in [6.45, 7) is 7.54. The van der Waals surface area contributed by atoms with E-state index >= 15 is 0 Å². The highest BCUT2D eigenvalue weighted by Gasteiger charge is 2.19. The number of rotatable bonds is 8. The smallest absolute Gasteiger partial charge is 0.222 e. The maximum absolute atomic E-state index is 11.9. The summed E-state index contributed by atoms with van der Waals surface area (Å²) in [7, 11) is 1.77. The van der Waals surface area contributed by atoms with E-state index in [9.17, 15) is 4.79 Å². The van der Waals surface area contributed by atoms with Crippen molar-refractivity contribution in [1.82, 2.24) is 15.5 Å². The van der Waals surface area contributed by atoms with Crippen LogP contribution in [-0.2, 0) is 24.4 Å². The Morgan fingerprint density at radius 1 is 1.13 bits per heavy atom. The Bertz CT molecular complexity index is 895. The number of likely N-dealkylation sites (tertiary alicyclic amines) is 1. The van der Waals surface area contributed by atoms with Gasteiger partial charge in [0.1, 0.15) is 5.75 Å². The Morgan fingerprint density at radius 3 is 2.67 bits per heavy atom. The number of ether oxygens (including phenoxy) is 1. The third-order valence-electron chi connectivity index (χ3n) is 5.19. The molecule has 6 heteroatoms. The minimum absolute atomic E-state index is 0.255. The van der Waals surface area contributed by atoms with Crippen LogP contribution in [-0.4, -0.2) is 37.0 Å². The fraction of sp³-hybridized carbons (Fsp3) is 0.417. The van der Waals surface area contributed by atoms with Gasteiger partial charge in [0.05, 0.1) is 6.61 Å². The summed E-state index contributed by atoms with van der Waals surface area (Å²) in [4.78, 5) is 18.1. The van der Waals surface area contributed by atoms with Gasteiger partial charge in [0.15, 0.2) is 5.96 Å². The predicted molar refractivity (Wildman–Crippen MR) is 120 cm³/mol. The van der Waals surface area contributed by atoms with Crippen LogP contribution < -0.4 is 15.4 Å². The van der Waals surface area contributed by atoms with Crippen molar-refractivity contribution in [3.05, 3.63) is 64.7 Å². The third-order valence-corrected chi connectivity index (χ3v) is 5.19. The first-order valence-electron chi connectivity index (χ1n) is 10.6. The Hall–Kier alpha value is -3.02. The SMILES string of the molecule is CCOc1cc(C)ccc1CNC(=NC)NCc1cccc(CN2CCCC2=O)c1. The zero-order valence-electron chi connectivity index (χ0n) is 18.2. The molecule has 1 aliphatic heterocycles. The van der Waals surface area contributed by atoms with Gasteiger partial charge in [0.2, 0.25) is 5.91 Å². The van der Waals surface area contributed by atoms with Crippen molar-refractivity contribution in [2.45, 2.75) is 46.3 Å². The standard InChI is InChI=1S/C24H32N4O2/c1-4-30-22-13-18(2)10-11-21(22)16-27-24(25-3)26-15-19-7-5-8-20(14-19)17-28-12-6-9-23(28)29/h5,7-8,10-11,13-14H,4,6,9,12,15-17H2,1-3H3,(H2,25,26,27). The maximum atomic E-state index is 11.9. The molecule has 0 bridgehead atoms. The van der Waals surface area contributed by atoms with Crippen LogP contribution in [0.3, 0.4) is 0 Å². The minimum atomic E-state index is 0.255. The van der Waals surface area contributed by atoms with Crippen LogP contribution in [0, 0.1) is 6.92 Å². The van der Waals surface area contributed by atoms with Gasteiger partial charge in [-0.05, 0) is 43.0 Å². The number of benzene rings is 2. The summed E-state index contributed by atoms with van der Waals surface area (Å²) < 4.78 is 5.76. The third kappa shape index (κ3) is 5.99. The molecule has 3 rings (SSSR count). The summed E-state index contributed by atoms with van der Waals surface area (Å²) >= 11 is 0. The van der Waals surface area contributed by atoms with E-state index in [1.54, 1.807) is 7.05 Å². The van der Waals surface area contributed by atoms with E-state index in [0.29, 0.717) is 32.7 Å². The highest BCUT2D eigenvalue weighted by molar-refractivity contribution is 5.79. The first kappa shape index (κ1) is 21.7. The van der Waals surface area contributed by atoms with E-state index in [2.05, 4.69) is 58.9 Å². The number of aryl methyl sites for hydroxylation is 1. The summed E-state index contributed by atoms with van der Waals surface area (Å²) in [6, 6.07) is 14.6. The van der Waals surface area contributed by atoms with Crippen LogP contribution in [0.2, 0.25) is 0 Å². The average Bonchev–Trinajstić information content (AvgIpc) is 3.14. The molecule has 2 N–H and O–H groups in total. The van der Waals surface area contributed by atoms with Gasteiger partial charge >= 0.3 is 0 Å². The van der Waals surface area contributed by atoms with Crippen molar-refractivity contribution in [2.75, 3.05) is 20.2 Å². The van der Waals surface area contributed by atoms with Crippen molar-refractivity contribution in [2.24, 2.45) is 4.99 Å². The van der Waals surface area contributed by atoms with Crippen LogP contribution in [0.15, 0.2) is 47.5 Å². The fourth-order valence-electron chi connectivity index (χ4n) is 3.61. The van der Waals surface area contributed by atoms with Crippen LogP contribution in [0.25, 0.3) is 0 Å². The number of hydrogen-bond acceptors (Lipinski definition) is 3. The molecule has 160 valence electrons. The normalized spacial score (nSPS) is 14.2. The van der Waals surface area contributed by atoms with E-state index < -0.39 is 0 Å². The second-order valence-electron chi connectivity index (χ2n) is 7.56. The molecule has 0 aromatic heterocycles. The molecule has 30 heavy (non-hydrogen) atoms. The number of hydrogen-bond donors (Lipinski definition) is 2. The molecule has 2 aromatic rings. The number of nitrogens with one attached hydrogen (secondary N) is 2. The van der Waals surface area contributed by atoms with E-state index in [1.807, 2.05) is 17.9 Å². The Kier molecular flexibility index (Phi) is 7.71.